The van der Waals surface area contributed by atoms with Crippen molar-refractivity contribution in [3.63, 3.8) is 0 Å². The van der Waals surface area contributed by atoms with E-state index in [-0.39, 0.29) is 0 Å². The highest BCUT2D eigenvalue weighted by Crippen LogP contribution is 2.26. The van der Waals surface area contributed by atoms with E-state index >= 15 is 0 Å². The highest BCUT2D eigenvalue weighted by Gasteiger charge is 2.40. The number of hydrogen-bond acceptors (Lipinski definition) is 4. The third kappa shape index (κ3) is 3.35. The molecular weight excluding hydrogens is 247 g/mol. The number of hydrogen-bond donors (Lipinski definition) is 2. The summed E-state index contributed by atoms with van der Waals surface area (Å²) in [5, 5.41) is 20.2. The molecule has 0 aliphatic heterocycles. The van der Waals surface area contributed by atoms with Gasteiger partial charge in [0.1, 0.15) is 0 Å². The van der Waals surface area contributed by atoms with Crippen LogP contribution >= 0.6 is 11.3 Å². The molecular formula is C13H23BO3S. The zero-order valence-corrected chi connectivity index (χ0v) is 12.9. The Morgan fingerprint density at radius 1 is 1.33 bits per heavy atom. The zero-order chi connectivity index (χ0) is 14.1. The van der Waals surface area contributed by atoms with Crippen molar-refractivity contribution in [3.8, 4) is 0 Å². The first-order valence-electron chi connectivity index (χ1n) is 6.26. The molecule has 0 saturated carbocycles. The van der Waals surface area contributed by atoms with Crippen molar-refractivity contribution < 1.29 is 14.8 Å². The van der Waals surface area contributed by atoms with Gasteiger partial charge in [0.05, 0.1) is 11.2 Å². The fourth-order valence-corrected chi connectivity index (χ4v) is 2.47. The van der Waals surface area contributed by atoms with E-state index in [4.69, 9.17) is 4.65 Å². The van der Waals surface area contributed by atoms with Crippen molar-refractivity contribution in [1.82, 2.24) is 0 Å². The molecule has 3 nitrogen and oxygen atoms in total. The van der Waals surface area contributed by atoms with Gasteiger partial charge in [-0.3, -0.25) is 0 Å². The van der Waals surface area contributed by atoms with Gasteiger partial charge in [-0.2, -0.15) is 0 Å². The van der Waals surface area contributed by atoms with E-state index in [9.17, 15) is 10.1 Å². The molecule has 2 N–H and O–H groups in total. The Hall–Kier alpha value is -0.355. The summed E-state index contributed by atoms with van der Waals surface area (Å²) in [6, 6.07) is 1.98. The first kappa shape index (κ1) is 15.7. The third-order valence-electron chi connectivity index (χ3n) is 3.50. The number of aryl methyl sites for hydroxylation is 2. The third-order valence-corrected chi connectivity index (χ3v) is 4.71. The molecule has 0 spiro atoms. The van der Waals surface area contributed by atoms with Crippen LogP contribution < -0.4 is 5.46 Å². The molecule has 102 valence electrons. The van der Waals surface area contributed by atoms with E-state index < -0.39 is 18.3 Å². The van der Waals surface area contributed by atoms with E-state index in [1.54, 1.807) is 39.0 Å². The number of rotatable bonds is 5. The molecule has 0 amide bonds. The normalized spacial score (nSPS) is 12.9. The molecule has 18 heavy (non-hydrogen) atoms. The van der Waals surface area contributed by atoms with E-state index in [1.807, 2.05) is 13.0 Å². The summed E-state index contributed by atoms with van der Waals surface area (Å²) < 4.78 is 5.64. The molecule has 0 aliphatic carbocycles. The van der Waals surface area contributed by atoms with Crippen molar-refractivity contribution in [2.45, 2.75) is 59.2 Å². The predicted octanol–water partition coefficient (Wildman–Crippen LogP) is 1.87. The maximum atomic E-state index is 10.2. The average Bonchev–Trinajstić information content (AvgIpc) is 2.57. The molecule has 0 radical (unpaired) electrons. The maximum absolute atomic E-state index is 10.2. The molecule has 0 saturated heterocycles. The summed E-state index contributed by atoms with van der Waals surface area (Å²) in [5.41, 5.74) is -1.05. The van der Waals surface area contributed by atoms with Gasteiger partial charge in [0.15, 0.2) is 0 Å². The van der Waals surface area contributed by atoms with Crippen LogP contribution in [-0.2, 0) is 11.1 Å². The van der Waals surface area contributed by atoms with Crippen LogP contribution in [0, 0.1) is 6.92 Å². The van der Waals surface area contributed by atoms with Crippen molar-refractivity contribution in [2.24, 2.45) is 0 Å². The van der Waals surface area contributed by atoms with Crippen molar-refractivity contribution in [2.75, 3.05) is 0 Å². The molecule has 1 aromatic heterocycles. The van der Waals surface area contributed by atoms with Gasteiger partial charge >= 0.3 is 7.12 Å². The molecule has 0 aliphatic rings. The highest BCUT2D eigenvalue weighted by atomic mass is 32.1. The van der Waals surface area contributed by atoms with Crippen LogP contribution in [0.3, 0.4) is 0 Å². The molecule has 0 atom stereocenters. The Morgan fingerprint density at radius 3 is 2.28 bits per heavy atom. The molecule has 1 heterocycles. The standard InChI is InChI=1S/C13H23BO3S/c1-7-10-8-11(9(2)18-10)14(16)17-13(5,6)12(3,4)15/h8,15-16H,7H2,1-6H3. The summed E-state index contributed by atoms with van der Waals surface area (Å²) in [6.07, 6.45) is 0.952. The predicted molar refractivity (Wildman–Crippen MR) is 77.5 cm³/mol. The smallest absolute Gasteiger partial charge is 0.423 e. The first-order chi connectivity index (χ1) is 8.08. The lowest BCUT2D eigenvalue weighted by atomic mass is 9.76. The number of thiophene rings is 1. The topological polar surface area (TPSA) is 49.7 Å². The van der Waals surface area contributed by atoms with E-state index in [1.165, 1.54) is 4.88 Å². The molecule has 0 bridgehead atoms. The van der Waals surface area contributed by atoms with Crippen LogP contribution in [0.4, 0.5) is 0 Å². The van der Waals surface area contributed by atoms with Crippen LogP contribution in [0.15, 0.2) is 6.07 Å². The molecule has 5 heteroatoms. The SMILES string of the molecule is CCc1cc(B(O)OC(C)(C)C(C)(C)O)c(C)s1. The van der Waals surface area contributed by atoms with Gasteiger partial charge in [-0.1, -0.05) is 6.92 Å². The Bertz CT molecular complexity index is 407. The Labute approximate surface area is 114 Å². The summed E-state index contributed by atoms with van der Waals surface area (Å²) in [6.45, 7) is 11.0. The zero-order valence-electron chi connectivity index (χ0n) is 12.1. The average molecular weight is 270 g/mol. The van der Waals surface area contributed by atoms with Crippen LogP contribution in [0.1, 0.15) is 44.4 Å². The van der Waals surface area contributed by atoms with Crippen LogP contribution in [0.25, 0.3) is 0 Å². The monoisotopic (exact) mass is 270 g/mol. The second kappa shape index (κ2) is 5.33. The molecule has 0 unspecified atom stereocenters. The van der Waals surface area contributed by atoms with Crippen molar-refractivity contribution in [1.29, 1.82) is 0 Å². The van der Waals surface area contributed by atoms with Crippen LogP contribution in [0.5, 0.6) is 0 Å². The lowest BCUT2D eigenvalue weighted by Gasteiger charge is -2.38. The Morgan fingerprint density at radius 2 is 1.89 bits per heavy atom. The minimum absolute atomic E-state index is 0.800. The van der Waals surface area contributed by atoms with Crippen LogP contribution in [0.2, 0.25) is 0 Å². The summed E-state index contributed by atoms with van der Waals surface area (Å²) in [5.74, 6) is 0. The van der Waals surface area contributed by atoms with Gasteiger partial charge in [-0.15, -0.1) is 11.3 Å². The highest BCUT2D eigenvalue weighted by molar-refractivity contribution is 7.13. The van der Waals surface area contributed by atoms with Crippen molar-refractivity contribution in [3.05, 3.63) is 15.8 Å². The molecule has 0 fully saturated rings. The largest absolute Gasteiger partial charge is 0.492 e. The van der Waals surface area contributed by atoms with Gasteiger partial charge in [-0.25, -0.2) is 0 Å². The van der Waals surface area contributed by atoms with Gasteiger partial charge in [0, 0.05) is 9.75 Å². The minimum atomic E-state index is -1.02. The molecule has 1 aromatic rings. The summed E-state index contributed by atoms with van der Waals surface area (Å²) in [4.78, 5) is 2.29. The summed E-state index contributed by atoms with van der Waals surface area (Å²) >= 11 is 1.67. The van der Waals surface area contributed by atoms with Crippen molar-refractivity contribution >= 4 is 23.9 Å². The fourth-order valence-electron chi connectivity index (χ4n) is 1.47. The lowest BCUT2D eigenvalue weighted by molar-refractivity contribution is -0.0982. The maximum Gasteiger partial charge on any atom is 0.492 e. The fraction of sp³-hybridized carbons (Fsp3) is 0.692. The van der Waals surface area contributed by atoms with Crippen LogP contribution in [-0.4, -0.2) is 28.5 Å². The second-order valence-electron chi connectivity index (χ2n) is 5.62. The van der Waals surface area contributed by atoms with E-state index in [0.29, 0.717) is 0 Å². The van der Waals surface area contributed by atoms with Gasteiger partial charge in [0.2, 0.25) is 0 Å². The Balaban J connectivity index is 2.88. The lowest BCUT2D eigenvalue weighted by Crippen LogP contribution is -2.53. The van der Waals surface area contributed by atoms with Gasteiger partial charge in [-0.05, 0) is 52.6 Å². The summed E-state index contributed by atoms with van der Waals surface area (Å²) in [7, 11) is -0.997. The quantitative estimate of drug-likeness (QED) is 0.803. The van der Waals surface area contributed by atoms with Gasteiger partial charge in [0.25, 0.3) is 0 Å². The first-order valence-corrected chi connectivity index (χ1v) is 7.07. The van der Waals surface area contributed by atoms with Gasteiger partial charge < -0.3 is 14.8 Å². The Kier molecular flexibility index (Phi) is 4.65. The second-order valence-corrected chi connectivity index (χ2v) is 6.96. The van der Waals surface area contributed by atoms with E-state index in [0.717, 1.165) is 16.8 Å². The molecule has 1 rings (SSSR count). The molecule has 0 aromatic carbocycles. The minimum Gasteiger partial charge on any atom is -0.423 e. The number of aliphatic hydroxyl groups is 1. The van der Waals surface area contributed by atoms with E-state index in [2.05, 4.69) is 6.92 Å².